The van der Waals surface area contributed by atoms with Gasteiger partial charge >= 0.3 is 0 Å². The van der Waals surface area contributed by atoms with Crippen LogP contribution in [0.4, 0.5) is 17.3 Å². The minimum absolute atomic E-state index is 0.00338. The third-order valence-electron chi connectivity index (χ3n) is 5.11. The van der Waals surface area contributed by atoms with E-state index in [1.807, 2.05) is 0 Å². The number of azo groups is 1. The molecule has 0 fully saturated rings. The maximum Gasteiger partial charge on any atom is 0.299 e. The second-order valence-electron chi connectivity index (χ2n) is 7.95. The van der Waals surface area contributed by atoms with Gasteiger partial charge in [-0.25, -0.2) is 27.8 Å². The monoisotopic (exact) mass is 523 g/mol. The van der Waals surface area contributed by atoms with E-state index in [1.54, 1.807) is 51.1 Å². The molecule has 2 N–H and O–H groups in total. The Labute approximate surface area is 212 Å². The summed E-state index contributed by atoms with van der Waals surface area (Å²) in [5.74, 6) is -0.00401. The van der Waals surface area contributed by atoms with E-state index in [-0.39, 0.29) is 16.5 Å². The summed E-state index contributed by atoms with van der Waals surface area (Å²) in [6.45, 7) is 9.17. The molecule has 0 spiro atoms. The van der Waals surface area contributed by atoms with Crippen molar-refractivity contribution >= 4 is 44.6 Å². The topological polar surface area (TPSA) is 134 Å². The molecule has 0 atom stereocenters. The molecule has 2 aromatic carbocycles. The van der Waals surface area contributed by atoms with Crippen molar-refractivity contribution in [2.24, 2.45) is 10.2 Å². The summed E-state index contributed by atoms with van der Waals surface area (Å²) in [6, 6.07) is 14.4. The largest absolute Gasteiger partial charge is 0.299 e. The van der Waals surface area contributed by atoms with Crippen LogP contribution in [0.5, 0.6) is 0 Å². The predicted octanol–water partition coefficient (Wildman–Crippen LogP) is 5.28. The Kier molecular flexibility index (Phi) is 6.86. The number of H-pyrrole nitrogens is 1. The molecule has 10 nitrogen and oxygen atoms in total. The summed E-state index contributed by atoms with van der Waals surface area (Å²) >= 11 is 5.93. The number of benzene rings is 2. The van der Waals surface area contributed by atoms with E-state index in [1.165, 1.54) is 28.9 Å². The fraction of sp³-hybridized carbons (Fsp3) is 0.125. The van der Waals surface area contributed by atoms with Crippen LogP contribution in [0.1, 0.15) is 22.6 Å². The Balaban J connectivity index is 1.53. The van der Waals surface area contributed by atoms with Crippen LogP contribution in [0.25, 0.3) is 5.70 Å². The van der Waals surface area contributed by atoms with Crippen molar-refractivity contribution in [3.63, 3.8) is 0 Å². The van der Waals surface area contributed by atoms with Crippen molar-refractivity contribution in [2.45, 2.75) is 25.7 Å². The zero-order chi connectivity index (χ0) is 26.0. The van der Waals surface area contributed by atoms with E-state index in [2.05, 4.69) is 36.6 Å². The van der Waals surface area contributed by atoms with Crippen molar-refractivity contribution in [2.75, 3.05) is 4.72 Å². The Morgan fingerprint density at radius 1 is 1.00 bits per heavy atom. The zero-order valence-electron chi connectivity index (χ0n) is 19.7. The Morgan fingerprint density at radius 3 is 2.22 bits per heavy atom. The standard InChI is InChI=1S/C24H22ClN7O3S/c1-14-13-15(2)27-24(26-14)31-36(34,35)21-11-9-20(10-12-21)28-29-22-16(3)30-32(23(22)33)17(4)18-5-7-19(25)8-6-18/h5-13,30H,4H2,1-3H3,(H,26,27,31). The predicted molar refractivity (Wildman–Crippen MR) is 139 cm³/mol. The summed E-state index contributed by atoms with van der Waals surface area (Å²) in [4.78, 5) is 21.1. The highest BCUT2D eigenvalue weighted by molar-refractivity contribution is 7.92. The number of anilines is 1. The van der Waals surface area contributed by atoms with Crippen molar-refractivity contribution in [3.05, 3.63) is 99.2 Å². The summed E-state index contributed by atoms with van der Waals surface area (Å²) < 4.78 is 29.0. The average molecular weight is 524 g/mol. The van der Waals surface area contributed by atoms with E-state index >= 15 is 0 Å². The molecule has 0 aliphatic rings. The zero-order valence-corrected chi connectivity index (χ0v) is 21.2. The lowest BCUT2D eigenvalue weighted by Crippen LogP contribution is -2.15. The van der Waals surface area contributed by atoms with E-state index in [4.69, 9.17) is 11.6 Å². The van der Waals surface area contributed by atoms with Gasteiger partial charge in [0.1, 0.15) is 0 Å². The molecule has 0 aliphatic carbocycles. The van der Waals surface area contributed by atoms with Gasteiger partial charge < -0.3 is 0 Å². The maximum atomic E-state index is 12.9. The number of hydrogen-bond acceptors (Lipinski definition) is 7. The fourth-order valence-electron chi connectivity index (χ4n) is 3.37. The highest BCUT2D eigenvalue weighted by atomic mass is 35.5. The van der Waals surface area contributed by atoms with Crippen LogP contribution in [0, 0.1) is 20.8 Å². The van der Waals surface area contributed by atoms with Gasteiger partial charge in [0, 0.05) is 16.4 Å². The Morgan fingerprint density at radius 2 is 1.61 bits per heavy atom. The van der Waals surface area contributed by atoms with Crippen LogP contribution in [-0.2, 0) is 10.0 Å². The lowest BCUT2D eigenvalue weighted by Gasteiger charge is -2.08. The molecule has 0 unspecified atom stereocenters. The van der Waals surface area contributed by atoms with Gasteiger partial charge in [-0.1, -0.05) is 30.3 Å². The van der Waals surface area contributed by atoms with E-state index in [9.17, 15) is 13.2 Å². The molecule has 0 aliphatic heterocycles. The van der Waals surface area contributed by atoms with Crippen LogP contribution in [-0.4, -0.2) is 28.2 Å². The maximum absolute atomic E-state index is 12.9. The molecule has 2 aromatic heterocycles. The second-order valence-corrected chi connectivity index (χ2v) is 10.1. The molecule has 4 aromatic rings. The van der Waals surface area contributed by atoms with E-state index < -0.39 is 15.6 Å². The molecule has 4 rings (SSSR count). The van der Waals surface area contributed by atoms with Gasteiger partial charge in [0.05, 0.1) is 22.0 Å². The summed E-state index contributed by atoms with van der Waals surface area (Å²) in [6.07, 6.45) is 0. The lowest BCUT2D eigenvalue weighted by molar-refractivity contribution is 0.601. The molecule has 0 saturated carbocycles. The van der Waals surface area contributed by atoms with E-state index in [0.717, 1.165) is 0 Å². The first-order chi connectivity index (χ1) is 17.0. The van der Waals surface area contributed by atoms with Gasteiger partial charge in [-0.05, 0) is 68.8 Å². The molecule has 2 heterocycles. The van der Waals surface area contributed by atoms with Crippen LogP contribution in [0.15, 0.2) is 81.1 Å². The number of nitrogens with zero attached hydrogens (tertiary/aromatic N) is 5. The number of aryl methyl sites for hydroxylation is 3. The van der Waals surface area contributed by atoms with Crippen LogP contribution < -0.4 is 10.3 Å². The van der Waals surface area contributed by atoms with Crippen LogP contribution in [0.2, 0.25) is 5.02 Å². The molecular formula is C24H22ClN7O3S. The molecule has 0 amide bonds. The third kappa shape index (κ3) is 5.42. The quantitative estimate of drug-likeness (QED) is 0.318. The first-order valence-electron chi connectivity index (χ1n) is 10.7. The smallest absolute Gasteiger partial charge is 0.293 e. The Hall–Kier alpha value is -4.09. The summed E-state index contributed by atoms with van der Waals surface area (Å²) in [5, 5.41) is 11.7. The van der Waals surface area contributed by atoms with Gasteiger partial charge in [0.2, 0.25) is 5.95 Å². The Bertz CT molecular complexity index is 1620. The molecule has 12 heteroatoms. The number of nitrogens with one attached hydrogen (secondary N) is 2. The normalized spacial score (nSPS) is 11.7. The first-order valence-corrected chi connectivity index (χ1v) is 12.5. The highest BCUT2D eigenvalue weighted by Crippen LogP contribution is 2.23. The van der Waals surface area contributed by atoms with Crippen molar-refractivity contribution in [1.29, 1.82) is 0 Å². The number of aromatic nitrogens is 4. The lowest BCUT2D eigenvalue weighted by atomic mass is 10.2. The molecule has 36 heavy (non-hydrogen) atoms. The van der Waals surface area contributed by atoms with Gasteiger partial charge in [0.15, 0.2) is 5.69 Å². The second kappa shape index (κ2) is 9.88. The third-order valence-corrected chi connectivity index (χ3v) is 6.70. The van der Waals surface area contributed by atoms with Crippen molar-refractivity contribution in [3.8, 4) is 0 Å². The van der Waals surface area contributed by atoms with E-state index in [0.29, 0.717) is 39.1 Å². The SMILES string of the molecule is C=C(c1ccc(Cl)cc1)n1[nH]c(C)c(N=Nc2ccc(S(=O)(=O)Nc3nc(C)cc(C)n3)cc2)c1=O. The molecule has 184 valence electrons. The number of sulfonamides is 1. The molecule has 0 saturated heterocycles. The van der Waals surface area contributed by atoms with Crippen molar-refractivity contribution < 1.29 is 8.42 Å². The average Bonchev–Trinajstić information content (AvgIpc) is 3.10. The van der Waals surface area contributed by atoms with Crippen LogP contribution >= 0.6 is 11.6 Å². The van der Waals surface area contributed by atoms with Gasteiger partial charge in [-0.15, -0.1) is 5.11 Å². The number of halogens is 1. The summed E-state index contributed by atoms with van der Waals surface area (Å²) in [5.41, 5.74) is 2.97. The minimum Gasteiger partial charge on any atom is -0.293 e. The number of rotatable bonds is 7. The molecule has 0 bridgehead atoms. The first kappa shape index (κ1) is 25.0. The molecular weight excluding hydrogens is 502 g/mol. The highest BCUT2D eigenvalue weighted by Gasteiger charge is 2.17. The molecule has 0 radical (unpaired) electrons. The van der Waals surface area contributed by atoms with Crippen LogP contribution in [0.3, 0.4) is 0 Å². The number of hydrogen-bond donors (Lipinski definition) is 2. The minimum atomic E-state index is -3.90. The summed E-state index contributed by atoms with van der Waals surface area (Å²) in [7, 11) is -3.90. The van der Waals surface area contributed by atoms with Gasteiger partial charge in [-0.3, -0.25) is 9.89 Å². The van der Waals surface area contributed by atoms with Crippen molar-refractivity contribution in [1.82, 2.24) is 19.7 Å². The van der Waals surface area contributed by atoms with Gasteiger partial charge in [0.25, 0.3) is 15.6 Å². The van der Waals surface area contributed by atoms with Gasteiger partial charge in [-0.2, -0.15) is 5.11 Å². The fourth-order valence-corrected chi connectivity index (χ4v) is 4.44. The number of aromatic amines is 1.